The third-order valence-electron chi connectivity index (χ3n) is 2.34. The highest BCUT2D eigenvalue weighted by molar-refractivity contribution is 5.86. The molecule has 0 aliphatic carbocycles. The summed E-state index contributed by atoms with van der Waals surface area (Å²) in [5, 5.41) is 7.34. The summed E-state index contributed by atoms with van der Waals surface area (Å²) in [7, 11) is 1.60. The number of methoxy groups -OCH3 is 1. The van der Waals surface area contributed by atoms with E-state index in [2.05, 4.69) is 17.1 Å². The fourth-order valence-corrected chi connectivity index (χ4v) is 1.43. The summed E-state index contributed by atoms with van der Waals surface area (Å²) in [5.74, 6) is 1.21. The number of nitrogens with two attached hydrogens (primary N) is 2. The maximum absolute atomic E-state index is 5.73. The van der Waals surface area contributed by atoms with E-state index in [0.29, 0.717) is 18.1 Å². The smallest absolute Gasteiger partial charge is 0.211 e. The van der Waals surface area contributed by atoms with Gasteiger partial charge in [-0.1, -0.05) is 19.4 Å². The number of nitrogens with zero attached hydrogens (tertiary/aromatic N) is 2. The quantitative estimate of drug-likeness (QED) is 0.337. The molecule has 0 bridgehead atoms. The zero-order valence-electron chi connectivity index (χ0n) is 11.3. The number of hydrogen-bond acceptors (Lipinski definition) is 4. The van der Waals surface area contributed by atoms with Crippen molar-refractivity contribution in [3.63, 3.8) is 0 Å². The average Bonchev–Trinajstić information content (AvgIpc) is 2.39. The van der Waals surface area contributed by atoms with Crippen molar-refractivity contribution in [3.8, 4) is 11.5 Å². The molecule has 1 rings (SSSR count). The monoisotopic (exact) mass is 264 g/mol. The van der Waals surface area contributed by atoms with Gasteiger partial charge >= 0.3 is 0 Å². The minimum Gasteiger partial charge on any atom is -0.493 e. The van der Waals surface area contributed by atoms with E-state index in [1.165, 1.54) is 6.21 Å². The van der Waals surface area contributed by atoms with Crippen LogP contribution in [0, 0.1) is 0 Å². The predicted molar refractivity (Wildman–Crippen MR) is 76.8 cm³/mol. The van der Waals surface area contributed by atoms with Crippen molar-refractivity contribution in [2.75, 3.05) is 13.7 Å². The maximum atomic E-state index is 5.73. The Labute approximate surface area is 113 Å². The Balaban J connectivity index is 2.94. The summed E-state index contributed by atoms with van der Waals surface area (Å²) in [6, 6.07) is 5.54. The molecule has 1 aromatic carbocycles. The van der Waals surface area contributed by atoms with Gasteiger partial charge in [0.2, 0.25) is 5.96 Å². The first-order valence-corrected chi connectivity index (χ1v) is 6.10. The average molecular weight is 264 g/mol. The molecule has 1 aromatic rings. The van der Waals surface area contributed by atoms with Gasteiger partial charge in [-0.3, -0.25) is 0 Å². The molecule has 6 heteroatoms. The minimum atomic E-state index is -0.0902. The van der Waals surface area contributed by atoms with Crippen molar-refractivity contribution in [2.24, 2.45) is 21.7 Å². The summed E-state index contributed by atoms with van der Waals surface area (Å²) in [6.45, 7) is 2.73. The number of unbranched alkanes of at least 4 members (excludes halogenated alkanes) is 1. The first-order chi connectivity index (χ1) is 9.19. The van der Waals surface area contributed by atoms with Crippen LogP contribution in [0.25, 0.3) is 0 Å². The lowest BCUT2D eigenvalue weighted by atomic mass is 10.2. The van der Waals surface area contributed by atoms with Crippen molar-refractivity contribution in [1.82, 2.24) is 0 Å². The van der Waals surface area contributed by atoms with Gasteiger partial charge in [-0.2, -0.15) is 5.10 Å². The van der Waals surface area contributed by atoms with Gasteiger partial charge in [-0.05, 0) is 18.6 Å². The number of ether oxygens (including phenoxy) is 2. The SMILES string of the molecule is CCCCOc1c(C=NN=C(N)N)cccc1OC. The Morgan fingerprint density at radius 3 is 2.79 bits per heavy atom. The lowest BCUT2D eigenvalue weighted by Gasteiger charge is -2.12. The Hall–Kier alpha value is -2.24. The number of para-hydroxylation sites is 1. The van der Waals surface area contributed by atoms with Crippen molar-refractivity contribution < 1.29 is 9.47 Å². The Morgan fingerprint density at radius 2 is 2.16 bits per heavy atom. The Bertz CT molecular complexity index is 454. The first-order valence-electron chi connectivity index (χ1n) is 6.10. The third-order valence-corrected chi connectivity index (χ3v) is 2.34. The molecule has 19 heavy (non-hydrogen) atoms. The summed E-state index contributed by atoms with van der Waals surface area (Å²) >= 11 is 0. The number of rotatable bonds is 7. The van der Waals surface area contributed by atoms with E-state index in [-0.39, 0.29) is 5.96 Å². The molecule has 0 saturated carbocycles. The lowest BCUT2D eigenvalue weighted by Crippen LogP contribution is -2.21. The predicted octanol–water partition coefficient (Wildman–Crippen LogP) is 1.48. The van der Waals surface area contributed by atoms with E-state index in [0.717, 1.165) is 18.4 Å². The molecule has 0 spiro atoms. The van der Waals surface area contributed by atoms with Crippen molar-refractivity contribution in [3.05, 3.63) is 23.8 Å². The molecule has 0 amide bonds. The van der Waals surface area contributed by atoms with E-state index >= 15 is 0 Å². The molecule has 0 unspecified atom stereocenters. The molecule has 0 heterocycles. The lowest BCUT2D eigenvalue weighted by molar-refractivity contribution is 0.288. The number of guanidine groups is 1. The fraction of sp³-hybridized carbons (Fsp3) is 0.385. The van der Waals surface area contributed by atoms with Crippen molar-refractivity contribution in [2.45, 2.75) is 19.8 Å². The van der Waals surface area contributed by atoms with E-state index < -0.39 is 0 Å². The van der Waals surface area contributed by atoms with Crippen LogP contribution in [-0.4, -0.2) is 25.9 Å². The van der Waals surface area contributed by atoms with Gasteiger partial charge in [0.05, 0.1) is 19.9 Å². The second-order valence-corrected chi connectivity index (χ2v) is 3.85. The van der Waals surface area contributed by atoms with Gasteiger partial charge in [0, 0.05) is 5.56 Å². The van der Waals surface area contributed by atoms with Crippen molar-refractivity contribution >= 4 is 12.2 Å². The van der Waals surface area contributed by atoms with Crippen LogP contribution in [0.5, 0.6) is 11.5 Å². The Kier molecular flexibility index (Phi) is 6.21. The molecule has 0 aliphatic heterocycles. The standard InChI is InChI=1S/C13H20N4O2/c1-3-4-8-19-12-10(9-16-17-13(14)15)6-5-7-11(12)18-2/h5-7,9H,3-4,8H2,1-2H3,(H4,14,15,17). The fourth-order valence-electron chi connectivity index (χ4n) is 1.43. The molecule has 0 radical (unpaired) electrons. The minimum absolute atomic E-state index is 0.0902. The maximum Gasteiger partial charge on any atom is 0.211 e. The first kappa shape index (κ1) is 14.8. The van der Waals surface area contributed by atoms with E-state index in [1.54, 1.807) is 7.11 Å². The second-order valence-electron chi connectivity index (χ2n) is 3.85. The highest BCUT2D eigenvalue weighted by Gasteiger charge is 2.08. The molecule has 104 valence electrons. The molecular weight excluding hydrogens is 244 g/mol. The van der Waals surface area contributed by atoms with Gasteiger partial charge < -0.3 is 20.9 Å². The molecule has 4 N–H and O–H groups in total. The molecule has 0 atom stereocenters. The van der Waals surface area contributed by atoms with E-state index in [1.807, 2.05) is 18.2 Å². The Morgan fingerprint density at radius 1 is 1.37 bits per heavy atom. The molecule has 0 saturated heterocycles. The van der Waals surface area contributed by atoms with Gasteiger partial charge in [0.15, 0.2) is 11.5 Å². The number of hydrogen-bond donors (Lipinski definition) is 2. The number of benzene rings is 1. The van der Waals surface area contributed by atoms with Crippen LogP contribution in [0.3, 0.4) is 0 Å². The molecule has 0 aliphatic rings. The van der Waals surface area contributed by atoms with Gasteiger partial charge in [-0.25, -0.2) is 0 Å². The topological polar surface area (TPSA) is 95.2 Å². The van der Waals surface area contributed by atoms with Crippen LogP contribution in [0.2, 0.25) is 0 Å². The third kappa shape index (κ3) is 4.87. The van der Waals surface area contributed by atoms with Crippen LogP contribution < -0.4 is 20.9 Å². The van der Waals surface area contributed by atoms with Crippen LogP contribution in [0.1, 0.15) is 25.3 Å². The largest absolute Gasteiger partial charge is 0.493 e. The van der Waals surface area contributed by atoms with Crippen LogP contribution in [0.15, 0.2) is 28.4 Å². The van der Waals surface area contributed by atoms with E-state index in [4.69, 9.17) is 20.9 Å². The van der Waals surface area contributed by atoms with Crippen LogP contribution in [0.4, 0.5) is 0 Å². The summed E-state index contributed by atoms with van der Waals surface area (Å²) in [5.41, 5.74) is 11.2. The zero-order valence-corrected chi connectivity index (χ0v) is 11.3. The normalized spacial score (nSPS) is 10.4. The van der Waals surface area contributed by atoms with Crippen LogP contribution in [-0.2, 0) is 0 Å². The highest BCUT2D eigenvalue weighted by Crippen LogP contribution is 2.30. The highest BCUT2D eigenvalue weighted by atomic mass is 16.5. The summed E-state index contributed by atoms with van der Waals surface area (Å²) in [6.07, 6.45) is 3.57. The molecule has 6 nitrogen and oxygen atoms in total. The summed E-state index contributed by atoms with van der Waals surface area (Å²) < 4.78 is 11.0. The zero-order chi connectivity index (χ0) is 14.1. The second kappa shape index (κ2) is 7.97. The van der Waals surface area contributed by atoms with Crippen molar-refractivity contribution in [1.29, 1.82) is 0 Å². The molecule has 0 fully saturated rings. The van der Waals surface area contributed by atoms with Gasteiger partial charge in [0.25, 0.3) is 0 Å². The van der Waals surface area contributed by atoms with E-state index in [9.17, 15) is 0 Å². The molecular formula is C13H20N4O2. The van der Waals surface area contributed by atoms with Gasteiger partial charge in [0.1, 0.15) is 0 Å². The molecule has 0 aromatic heterocycles. The van der Waals surface area contributed by atoms with Crippen LogP contribution >= 0.6 is 0 Å². The summed E-state index contributed by atoms with van der Waals surface area (Å²) in [4.78, 5) is 0. The van der Waals surface area contributed by atoms with Gasteiger partial charge in [-0.15, -0.1) is 5.10 Å².